The largest absolute Gasteiger partial charge is 0.385 e. The van der Waals surface area contributed by atoms with Crippen molar-refractivity contribution in [3.05, 3.63) is 29.6 Å². The molecule has 0 saturated carbocycles. The van der Waals surface area contributed by atoms with Crippen LogP contribution >= 0.6 is 0 Å². The molecule has 0 saturated heterocycles. The smallest absolute Gasteiger partial charge is 0.141 e. The van der Waals surface area contributed by atoms with Gasteiger partial charge in [-0.05, 0) is 24.6 Å². The number of rotatable bonds is 5. The Morgan fingerprint density at radius 3 is 3.00 bits per heavy atom. The summed E-state index contributed by atoms with van der Waals surface area (Å²) in [4.78, 5) is 0. The number of anilines is 1. The van der Waals surface area contributed by atoms with E-state index < -0.39 is 5.82 Å². The highest BCUT2D eigenvalue weighted by Gasteiger charge is 2.01. The van der Waals surface area contributed by atoms with Crippen LogP contribution in [0.15, 0.2) is 18.2 Å². The molecule has 80 valence electrons. The predicted octanol–water partition coefficient (Wildman–Crippen LogP) is 2.15. The number of hydrogen-bond donors (Lipinski definition) is 1. The van der Waals surface area contributed by atoms with Crippen molar-refractivity contribution in [1.29, 1.82) is 5.26 Å². The van der Waals surface area contributed by atoms with Gasteiger partial charge >= 0.3 is 0 Å². The molecule has 0 heterocycles. The fraction of sp³-hybridized carbons (Fsp3) is 0.364. The van der Waals surface area contributed by atoms with Gasteiger partial charge in [0.05, 0.1) is 5.56 Å². The molecule has 3 nitrogen and oxygen atoms in total. The molecule has 0 fully saturated rings. The van der Waals surface area contributed by atoms with E-state index in [4.69, 9.17) is 10.00 Å². The van der Waals surface area contributed by atoms with Gasteiger partial charge in [0.15, 0.2) is 0 Å². The van der Waals surface area contributed by atoms with E-state index >= 15 is 0 Å². The lowest BCUT2D eigenvalue weighted by atomic mass is 10.2. The van der Waals surface area contributed by atoms with E-state index in [-0.39, 0.29) is 5.56 Å². The second-order valence-corrected chi connectivity index (χ2v) is 3.08. The van der Waals surface area contributed by atoms with Crippen molar-refractivity contribution >= 4 is 5.69 Å². The molecule has 1 aromatic carbocycles. The molecule has 0 aliphatic rings. The fourth-order valence-corrected chi connectivity index (χ4v) is 1.17. The van der Waals surface area contributed by atoms with Crippen molar-refractivity contribution in [1.82, 2.24) is 0 Å². The number of hydrogen-bond acceptors (Lipinski definition) is 3. The van der Waals surface area contributed by atoms with Crippen LogP contribution in [-0.2, 0) is 4.74 Å². The number of nitrogens with zero attached hydrogens (tertiary/aromatic N) is 1. The fourth-order valence-electron chi connectivity index (χ4n) is 1.17. The summed E-state index contributed by atoms with van der Waals surface area (Å²) in [6.07, 6.45) is 0.871. The van der Waals surface area contributed by atoms with Crippen molar-refractivity contribution in [3.8, 4) is 6.07 Å². The normalized spacial score (nSPS) is 9.67. The molecule has 0 aromatic heterocycles. The van der Waals surface area contributed by atoms with E-state index in [1.54, 1.807) is 19.2 Å². The number of benzene rings is 1. The molecule has 0 atom stereocenters. The Kier molecular flexibility index (Phi) is 4.58. The van der Waals surface area contributed by atoms with Crippen molar-refractivity contribution in [2.45, 2.75) is 6.42 Å². The highest BCUT2D eigenvalue weighted by Crippen LogP contribution is 2.13. The lowest BCUT2D eigenvalue weighted by Gasteiger charge is -2.06. The Labute approximate surface area is 88.5 Å². The first-order chi connectivity index (χ1) is 7.27. The van der Waals surface area contributed by atoms with Crippen molar-refractivity contribution in [2.24, 2.45) is 0 Å². The number of ether oxygens (including phenoxy) is 1. The average Bonchev–Trinajstić information content (AvgIpc) is 2.26. The zero-order chi connectivity index (χ0) is 11.1. The summed E-state index contributed by atoms with van der Waals surface area (Å²) in [5.41, 5.74) is 0.816. The molecule has 0 amide bonds. The lowest BCUT2D eigenvalue weighted by Crippen LogP contribution is -2.04. The third kappa shape index (κ3) is 3.56. The van der Waals surface area contributed by atoms with E-state index in [9.17, 15) is 4.39 Å². The van der Waals surface area contributed by atoms with Gasteiger partial charge in [-0.15, -0.1) is 0 Å². The number of methoxy groups -OCH3 is 1. The van der Waals surface area contributed by atoms with E-state index in [0.717, 1.165) is 18.7 Å². The minimum absolute atomic E-state index is 0.0618. The molecule has 0 radical (unpaired) electrons. The van der Waals surface area contributed by atoms with Crippen LogP contribution in [0.1, 0.15) is 12.0 Å². The van der Waals surface area contributed by atoms with Gasteiger partial charge in [-0.1, -0.05) is 0 Å². The van der Waals surface area contributed by atoms with Gasteiger partial charge in [-0.3, -0.25) is 0 Å². The van der Waals surface area contributed by atoms with Gasteiger partial charge in [0.2, 0.25) is 0 Å². The highest BCUT2D eigenvalue weighted by molar-refractivity contribution is 5.49. The molecule has 0 aliphatic heterocycles. The van der Waals surface area contributed by atoms with Gasteiger partial charge in [0, 0.05) is 25.9 Å². The van der Waals surface area contributed by atoms with Crippen molar-refractivity contribution < 1.29 is 9.13 Å². The molecule has 0 bridgehead atoms. The summed E-state index contributed by atoms with van der Waals surface area (Å²) in [6, 6.07) is 6.20. The van der Waals surface area contributed by atoms with Crippen LogP contribution in [-0.4, -0.2) is 20.3 Å². The van der Waals surface area contributed by atoms with Crippen molar-refractivity contribution in [2.75, 3.05) is 25.6 Å². The first-order valence-corrected chi connectivity index (χ1v) is 4.70. The minimum atomic E-state index is -0.486. The summed E-state index contributed by atoms with van der Waals surface area (Å²) in [5.74, 6) is -0.486. The van der Waals surface area contributed by atoms with Gasteiger partial charge in [-0.2, -0.15) is 5.26 Å². The van der Waals surface area contributed by atoms with Crippen LogP contribution < -0.4 is 5.32 Å². The third-order valence-corrected chi connectivity index (χ3v) is 1.94. The molecular formula is C11H13FN2O. The predicted molar refractivity (Wildman–Crippen MR) is 56.1 cm³/mol. The summed E-state index contributed by atoms with van der Waals surface area (Å²) >= 11 is 0. The van der Waals surface area contributed by atoms with E-state index in [0.29, 0.717) is 6.61 Å². The maximum absolute atomic E-state index is 12.9. The third-order valence-electron chi connectivity index (χ3n) is 1.94. The standard InChI is InChI=1S/C11H13FN2O/c1-15-6-2-5-14-10-3-4-11(12)9(7-10)8-13/h3-4,7,14H,2,5-6H2,1H3. The molecule has 0 aliphatic carbocycles. The summed E-state index contributed by atoms with van der Waals surface area (Å²) in [6.45, 7) is 1.42. The molecule has 15 heavy (non-hydrogen) atoms. The molecule has 4 heteroatoms. The Balaban J connectivity index is 2.52. The van der Waals surface area contributed by atoms with E-state index in [1.165, 1.54) is 12.1 Å². The van der Waals surface area contributed by atoms with Gasteiger partial charge in [0.25, 0.3) is 0 Å². The number of nitriles is 1. The molecule has 1 rings (SSSR count). The second-order valence-electron chi connectivity index (χ2n) is 3.08. The minimum Gasteiger partial charge on any atom is -0.385 e. The summed E-state index contributed by atoms with van der Waals surface area (Å²) in [5, 5.41) is 11.7. The Hall–Kier alpha value is -1.60. The molecule has 0 spiro atoms. The Morgan fingerprint density at radius 1 is 1.53 bits per heavy atom. The molecule has 1 aromatic rings. The number of nitrogens with one attached hydrogen (secondary N) is 1. The lowest BCUT2D eigenvalue weighted by molar-refractivity contribution is 0.198. The summed E-state index contributed by atoms with van der Waals surface area (Å²) in [7, 11) is 1.64. The SMILES string of the molecule is COCCCNc1ccc(F)c(C#N)c1. The second kappa shape index (κ2) is 5.99. The highest BCUT2D eigenvalue weighted by atomic mass is 19.1. The zero-order valence-corrected chi connectivity index (χ0v) is 8.59. The number of halogens is 1. The van der Waals surface area contributed by atoms with Gasteiger partial charge < -0.3 is 10.1 Å². The van der Waals surface area contributed by atoms with Crippen LogP contribution in [0.2, 0.25) is 0 Å². The van der Waals surface area contributed by atoms with Crippen LogP contribution in [0.5, 0.6) is 0 Å². The summed E-state index contributed by atoms with van der Waals surface area (Å²) < 4.78 is 17.8. The molecule has 1 N–H and O–H groups in total. The van der Waals surface area contributed by atoms with Crippen molar-refractivity contribution in [3.63, 3.8) is 0 Å². The van der Waals surface area contributed by atoms with Gasteiger partial charge in [0.1, 0.15) is 11.9 Å². The first kappa shape index (κ1) is 11.5. The quantitative estimate of drug-likeness (QED) is 0.754. The molecule has 0 unspecified atom stereocenters. The zero-order valence-electron chi connectivity index (χ0n) is 8.59. The monoisotopic (exact) mass is 208 g/mol. The molecular weight excluding hydrogens is 195 g/mol. The average molecular weight is 208 g/mol. The first-order valence-electron chi connectivity index (χ1n) is 4.70. The topological polar surface area (TPSA) is 45.0 Å². The van der Waals surface area contributed by atoms with Crippen LogP contribution in [0, 0.1) is 17.1 Å². The maximum atomic E-state index is 12.9. The Morgan fingerprint density at radius 2 is 2.33 bits per heavy atom. The van der Waals surface area contributed by atoms with Crippen LogP contribution in [0.4, 0.5) is 10.1 Å². The van der Waals surface area contributed by atoms with Crippen LogP contribution in [0.25, 0.3) is 0 Å². The Bertz CT molecular complexity index is 360. The van der Waals surface area contributed by atoms with Gasteiger partial charge in [-0.25, -0.2) is 4.39 Å². The maximum Gasteiger partial charge on any atom is 0.141 e. The van der Waals surface area contributed by atoms with E-state index in [1.807, 2.05) is 0 Å². The van der Waals surface area contributed by atoms with E-state index in [2.05, 4.69) is 5.32 Å². The van der Waals surface area contributed by atoms with Crippen LogP contribution in [0.3, 0.4) is 0 Å².